The first kappa shape index (κ1) is 14.4. The molecule has 19 heavy (non-hydrogen) atoms. The molecular formula is C16H26N2O. The molecule has 2 unspecified atom stereocenters. The highest BCUT2D eigenvalue weighted by Gasteiger charge is 2.25. The van der Waals surface area contributed by atoms with Gasteiger partial charge in [-0.1, -0.05) is 26.0 Å². The number of likely N-dealkylation sites (tertiary alicyclic amines) is 1. The molecule has 1 aliphatic heterocycles. The average molecular weight is 262 g/mol. The van der Waals surface area contributed by atoms with E-state index in [4.69, 9.17) is 10.5 Å². The third kappa shape index (κ3) is 3.71. The Kier molecular flexibility index (Phi) is 5.23. The number of hydrogen-bond donors (Lipinski definition) is 1. The fourth-order valence-corrected chi connectivity index (χ4v) is 2.75. The third-order valence-corrected chi connectivity index (χ3v) is 3.86. The molecule has 1 fully saturated rings. The van der Waals surface area contributed by atoms with E-state index in [0.717, 1.165) is 37.8 Å². The van der Waals surface area contributed by atoms with E-state index < -0.39 is 0 Å². The topological polar surface area (TPSA) is 38.5 Å². The third-order valence-electron chi connectivity index (χ3n) is 3.86. The van der Waals surface area contributed by atoms with E-state index in [1.807, 2.05) is 0 Å². The van der Waals surface area contributed by atoms with Gasteiger partial charge in [0.05, 0.1) is 6.61 Å². The second kappa shape index (κ2) is 6.92. The fourth-order valence-electron chi connectivity index (χ4n) is 2.75. The van der Waals surface area contributed by atoms with Gasteiger partial charge >= 0.3 is 0 Å². The molecule has 0 spiro atoms. The normalized spacial score (nSPS) is 21.5. The summed E-state index contributed by atoms with van der Waals surface area (Å²) >= 11 is 0. The van der Waals surface area contributed by atoms with Gasteiger partial charge < -0.3 is 10.5 Å². The van der Waals surface area contributed by atoms with Crippen molar-refractivity contribution in [1.29, 1.82) is 0 Å². The lowest BCUT2D eigenvalue weighted by Gasteiger charge is -2.27. The van der Waals surface area contributed by atoms with Gasteiger partial charge in [-0.3, -0.25) is 4.90 Å². The van der Waals surface area contributed by atoms with E-state index in [0.29, 0.717) is 12.6 Å². The Labute approximate surface area is 116 Å². The van der Waals surface area contributed by atoms with E-state index in [1.54, 1.807) is 0 Å². The predicted octanol–water partition coefficient (Wildman–Crippen LogP) is 2.82. The van der Waals surface area contributed by atoms with Gasteiger partial charge in [0.2, 0.25) is 0 Å². The summed E-state index contributed by atoms with van der Waals surface area (Å²) in [4.78, 5) is 2.51. The van der Waals surface area contributed by atoms with Crippen LogP contribution in [0.4, 0.5) is 0 Å². The van der Waals surface area contributed by atoms with Crippen LogP contribution in [0.2, 0.25) is 0 Å². The van der Waals surface area contributed by atoms with E-state index in [2.05, 4.69) is 43.0 Å². The van der Waals surface area contributed by atoms with Gasteiger partial charge in [0.15, 0.2) is 0 Å². The van der Waals surface area contributed by atoms with E-state index in [-0.39, 0.29) is 0 Å². The van der Waals surface area contributed by atoms with Gasteiger partial charge in [-0.15, -0.1) is 0 Å². The number of nitrogens with zero attached hydrogens (tertiary/aromatic N) is 1. The predicted molar refractivity (Wildman–Crippen MR) is 79.4 cm³/mol. The van der Waals surface area contributed by atoms with Gasteiger partial charge in [0.25, 0.3) is 0 Å². The molecule has 1 aliphatic rings. The molecule has 0 amide bonds. The van der Waals surface area contributed by atoms with Crippen LogP contribution in [0.1, 0.15) is 38.3 Å². The first-order chi connectivity index (χ1) is 9.24. The maximum absolute atomic E-state index is 5.98. The molecule has 3 heteroatoms. The van der Waals surface area contributed by atoms with Crippen LogP contribution < -0.4 is 10.5 Å². The number of hydrogen-bond acceptors (Lipinski definition) is 3. The second-order valence-corrected chi connectivity index (χ2v) is 5.56. The van der Waals surface area contributed by atoms with Gasteiger partial charge in [-0.25, -0.2) is 0 Å². The highest BCUT2D eigenvalue weighted by atomic mass is 16.5. The van der Waals surface area contributed by atoms with Crippen molar-refractivity contribution in [1.82, 2.24) is 4.90 Å². The Morgan fingerprint density at radius 3 is 2.63 bits per heavy atom. The Morgan fingerprint density at radius 2 is 2.11 bits per heavy atom. The summed E-state index contributed by atoms with van der Waals surface area (Å²) in [5.41, 5.74) is 7.28. The lowest BCUT2D eigenvalue weighted by molar-refractivity contribution is 0.243. The zero-order valence-corrected chi connectivity index (χ0v) is 12.1. The van der Waals surface area contributed by atoms with Crippen LogP contribution >= 0.6 is 0 Å². The smallest absolute Gasteiger partial charge is 0.119 e. The number of nitrogens with two attached hydrogens (primary N) is 1. The molecule has 0 aliphatic carbocycles. The van der Waals surface area contributed by atoms with Crippen LogP contribution in [0.15, 0.2) is 24.3 Å². The van der Waals surface area contributed by atoms with Crippen molar-refractivity contribution in [2.24, 2.45) is 11.7 Å². The van der Waals surface area contributed by atoms with Crippen LogP contribution in [0.5, 0.6) is 5.75 Å². The maximum atomic E-state index is 5.98. The van der Waals surface area contributed by atoms with Crippen molar-refractivity contribution < 1.29 is 4.74 Å². The number of ether oxygens (including phenoxy) is 1. The van der Waals surface area contributed by atoms with Crippen LogP contribution in [-0.4, -0.2) is 31.1 Å². The van der Waals surface area contributed by atoms with Crippen LogP contribution in [0.25, 0.3) is 0 Å². The molecule has 1 heterocycles. The second-order valence-electron chi connectivity index (χ2n) is 5.56. The molecule has 2 N–H and O–H groups in total. The lowest BCUT2D eigenvalue weighted by atomic mass is 10.1. The first-order valence-corrected chi connectivity index (χ1v) is 7.41. The summed E-state index contributed by atoms with van der Waals surface area (Å²) in [6.45, 7) is 8.22. The summed E-state index contributed by atoms with van der Waals surface area (Å²) in [5.74, 6) is 1.75. The Morgan fingerprint density at radius 1 is 1.37 bits per heavy atom. The minimum Gasteiger partial charge on any atom is -0.494 e. The molecule has 106 valence electrons. The van der Waals surface area contributed by atoms with Gasteiger partial charge in [-0.2, -0.15) is 0 Å². The number of rotatable bonds is 6. The molecule has 0 aromatic heterocycles. The molecule has 0 radical (unpaired) electrons. The molecule has 2 atom stereocenters. The molecule has 3 nitrogen and oxygen atoms in total. The highest BCUT2D eigenvalue weighted by molar-refractivity contribution is 5.29. The van der Waals surface area contributed by atoms with E-state index >= 15 is 0 Å². The van der Waals surface area contributed by atoms with Crippen molar-refractivity contribution in [2.75, 3.05) is 26.2 Å². The monoisotopic (exact) mass is 262 g/mol. The zero-order valence-electron chi connectivity index (χ0n) is 12.1. The summed E-state index contributed by atoms with van der Waals surface area (Å²) in [7, 11) is 0. The minimum absolute atomic E-state index is 0.352. The van der Waals surface area contributed by atoms with Crippen molar-refractivity contribution in [3.05, 3.63) is 29.8 Å². The Hall–Kier alpha value is -1.06. The van der Waals surface area contributed by atoms with Gasteiger partial charge in [-0.05, 0) is 43.0 Å². The van der Waals surface area contributed by atoms with Crippen LogP contribution in [0.3, 0.4) is 0 Å². The SMILES string of the molecule is CCCOc1ccc(C(CN)N2CCC(C)C2)cc1. The average Bonchev–Trinajstić information content (AvgIpc) is 2.85. The molecule has 0 saturated carbocycles. The summed E-state index contributed by atoms with van der Waals surface area (Å²) in [6, 6.07) is 8.79. The Balaban J connectivity index is 2.02. The summed E-state index contributed by atoms with van der Waals surface area (Å²) in [6.07, 6.45) is 2.33. The lowest BCUT2D eigenvalue weighted by Crippen LogP contribution is -2.31. The van der Waals surface area contributed by atoms with Crippen LogP contribution in [-0.2, 0) is 0 Å². The molecule has 1 aromatic carbocycles. The van der Waals surface area contributed by atoms with Crippen molar-refractivity contribution in [3.63, 3.8) is 0 Å². The van der Waals surface area contributed by atoms with Crippen molar-refractivity contribution in [3.8, 4) is 5.75 Å². The summed E-state index contributed by atoms with van der Waals surface area (Å²) in [5, 5.41) is 0. The van der Waals surface area contributed by atoms with E-state index in [9.17, 15) is 0 Å². The molecule has 2 rings (SSSR count). The van der Waals surface area contributed by atoms with Crippen molar-refractivity contribution in [2.45, 2.75) is 32.7 Å². The van der Waals surface area contributed by atoms with Gasteiger partial charge in [0, 0.05) is 19.1 Å². The maximum Gasteiger partial charge on any atom is 0.119 e. The number of benzene rings is 1. The fraction of sp³-hybridized carbons (Fsp3) is 0.625. The largest absolute Gasteiger partial charge is 0.494 e. The zero-order chi connectivity index (χ0) is 13.7. The molecular weight excluding hydrogens is 236 g/mol. The highest BCUT2D eigenvalue weighted by Crippen LogP contribution is 2.27. The molecule has 0 bridgehead atoms. The van der Waals surface area contributed by atoms with Gasteiger partial charge in [0.1, 0.15) is 5.75 Å². The molecule has 1 aromatic rings. The van der Waals surface area contributed by atoms with E-state index in [1.165, 1.54) is 12.0 Å². The minimum atomic E-state index is 0.352. The standard InChI is InChI=1S/C16H26N2O/c1-3-10-19-15-6-4-14(5-7-15)16(11-17)18-9-8-13(2)12-18/h4-7,13,16H,3,8-12,17H2,1-2H3. The Bertz CT molecular complexity index is 377. The summed E-state index contributed by atoms with van der Waals surface area (Å²) < 4.78 is 5.62. The van der Waals surface area contributed by atoms with Crippen molar-refractivity contribution >= 4 is 0 Å². The van der Waals surface area contributed by atoms with Crippen LogP contribution in [0, 0.1) is 5.92 Å². The first-order valence-electron chi connectivity index (χ1n) is 7.41. The quantitative estimate of drug-likeness (QED) is 0.856. The molecule has 1 saturated heterocycles.